The molecule has 7 nitrogen and oxygen atoms in total. The molecule has 166 valence electrons. The van der Waals surface area contributed by atoms with Gasteiger partial charge in [-0.25, -0.2) is 4.79 Å². The van der Waals surface area contributed by atoms with Gasteiger partial charge in [-0.1, -0.05) is 6.07 Å². The van der Waals surface area contributed by atoms with Crippen LogP contribution >= 0.6 is 0 Å². The van der Waals surface area contributed by atoms with E-state index in [2.05, 4.69) is 16.7 Å². The lowest BCUT2D eigenvalue weighted by Gasteiger charge is -2.39. The van der Waals surface area contributed by atoms with Gasteiger partial charge in [0.05, 0.1) is 25.3 Å². The Morgan fingerprint density at radius 2 is 1.91 bits per heavy atom. The fraction of sp³-hybridized carbons (Fsp3) is 0.400. The van der Waals surface area contributed by atoms with Crippen LogP contribution in [0.1, 0.15) is 47.9 Å². The van der Waals surface area contributed by atoms with E-state index in [1.807, 2.05) is 43.0 Å². The average Bonchev–Trinajstić information content (AvgIpc) is 2.79. The Balaban J connectivity index is 1.38. The number of methoxy groups -OCH3 is 1. The summed E-state index contributed by atoms with van der Waals surface area (Å²) in [6.45, 7) is 4.46. The van der Waals surface area contributed by atoms with Gasteiger partial charge in [0.2, 0.25) is 5.91 Å². The minimum atomic E-state index is -0.133. The lowest BCUT2D eigenvalue weighted by atomic mass is 9.84. The monoisotopic (exact) mass is 432 g/mol. The number of urea groups is 1. The second kappa shape index (κ2) is 8.91. The van der Waals surface area contributed by atoms with Crippen molar-refractivity contribution in [2.75, 3.05) is 17.7 Å². The van der Waals surface area contributed by atoms with Crippen LogP contribution in [0.15, 0.2) is 30.3 Å². The van der Waals surface area contributed by atoms with Gasteiger partial charge in [0, 0.05) is 29.4 Å². The first-order valence-corrected chi connectivity index (χ1v) is 11.0. The summed E-state index contributed by atoms with van der Waals surface area (Å²) >= 11 is 0. The van der Waals surface area contributed by atoms with Crippen LogP contribution in [0.2, 0.25) is 0 Å². The summed E-state index contributed by atoms with van der Waals surface area (Å²) in [6, 6.07) is 11.4. The number of hydrogen-bond donors (Lipinski definition) is 2. The Labute approximate surface area is 188 Å². The summed E-state index contributed by atoms with van der Waals surface area (Å²) in [5.74, 6) is 0.696. The molecule has 0 spiro atoms. The van der Waals surface area contributed by atoms with E-state index in [-0.39, 0.29) is 23.9 Å². The molecular weight excluding hydrogens is 404 g/mol. The molecule has 0 aromatic heterocycles. The van der Waals surface area contributed by atoms with E-state index in [1.54, 1.807) is 13.2 Å². The molecule has 2 N–H and O–H groups in total. The summed E-state index contributed by atoms with van der Waals surface area (Å²) in [4.78, 5) is 27.4. The minimum Gasteiger partial charge on any atom is -0.496 e. The van der Waals surface area contributed by atoms with E-state index in [4.69, 9.17) is 4.74 Å². The highest BCUT2D eigenvalue weighted by Crippen LogP contribution is 2.34. The maximum absolute atomic E-state index is 12.8. The predicted molar refractivity (Wildman–Crippen MR) is 123 cm³/mol. The summed E-state index contributed by atoms with van der Waals surface area (Å²) in [5, 5.41) is 15.1. The van der Waals surface area contributed by atoms with E-state index < -0.39 is 0 Å². The van der Waals surface area contributed by atoms with Crippen LogP contribution in [0.3, 0.4) is 0 Å². The van der Waals surface area contributed by atoms with Crippen molar-refractivity contribution in [1.82, 2.24) is 4.90 Å². The fourth-order valence-corrected chi connectivity index (χ4v) is 4.72. The molecule has 0 atom stereocenters. The molecule has 0 saturated heterocycles. The Morgan fingerprint density at radius 3 is 2.59 bits per heavy atom. The zero-order chi connectivity index (χ0) is 22.8. The number of carbonyl (C=O) groups excluding carboxylic acids is 2. The Hall–Kier alpha value is -3.53. The van der Waals surface area contributed by atoms with Gasteiger partial charge in [0.1, 0.15) is 5.75 Å². The third-order valence-electron chi connectivity index (χ3n) is 6.62. The second-order valence-corrected chi connectivity index (χ2v) is 8.67. The van der Waals surface area contributed by atoms with Crippen molar-refractivity contribution in [3.8, 4) is 11.8 Å². The van der Waals surface area contributed by atoms with Gasteiger partial charge in [-0.05, 0) is 74.4 Å². The molecule has 2 aromatic carbocycles. The number of nitriles is 1. The number of hydrogen-bond acceptors (Lipinski definition) is 4. The first-order valence-electron chi connectivity index (χ1n) is 11.0. The second-order valence-electron chi connectivity index (χ2n) is 8.67. The summed E-state index contributed by atoms with van der Waals surface area (Å²) in [7, 11) is 1.62. The number of carbonyl (C=O) groups is 2. The molecule has 2 aliphatic rings. The quantitative estimate of drug-likeness (QED) is 0.730. The van der Waals surface area contributed by atoms with Crippen LogP contribution < -0.4 is 15.4 Å². The van der Waals surface area contributed by atoms with Gasteiger partial charge in [-0.2, -0.15) is 5.26 Å². The lowest BCUT2D eigenvalue weighted by Crippen LogP contribution is -2.47. The summed E-state index contributed by atoms with van der Waals surface area (Å²) in [5.41, 5.74) is 5.09. The lowest BCUT2D eigenvalue weighted by molar-refractivity contribution is -0.121. The fourth-order valence-electron chi connectivity index (χ4n) is 4.72. The molecule has 4 rings (SSSR count). The summed E-state index contributed by atoms with van der Waals surface area (Å²) in [6.07, 6.45) is 3.05. The molecule has 2 aromatic rings. The molecule has 3 amide bonds. The van der Waals surface area contributed by atoms with Crippen molar-refractivity contribution in [3.63, 3.8) is 0 Å². The van der Waals surface area contributed by atoms with Gasteiger partial charge < -0.3 is 20.3 Å². The molecular formula is C25H28N4O3. The van der Waals surface area contributed by atoms with E-state index in [0.717, 1.165) is 59.5 Å². The molecule has 0 unspecified atom stereocenters. The molecule has 1 heterocycles. The van der Waals surface area contributed by atoms with E-state index in [0.29, 0.717) is 12.1 Å². The number of nitrogens with one attached hydrogen (secondary N) is 2. The van der Waals surface area contributed by atoms with Gasteiger partial charge >= 0.3 is 6.03 Å². The van der Waals surface area contributed by atoms with Crippen molar-refractivity contribution in [2.24, 2.45) is 5.92 Å². The maximum Gasteiger partial charge on any atom is 0.322 e. The van der Waals surface area contributed by atoms with E-state index >= 15 is 0 Å². The summed E-state index contributed by atoms with van der Waals surface area (Å²) < 4.78 is 5.34. The van der Waals surface area contributed by atoms with E-state index in [1.165, 1.54) is 0 Å². The molecule has 32 heavy (non-hydrogen) atoms. The number of nitrogens with zero attached hydrogens (tertiary/aromatic N) is 2. The third kappa shape index (κ3) is 4.26. The molecule has 1 aliphatic heterocycles. The largest absolute Gasteiger partial charge is 0.496 e. The highest BCUT2D eigenvalue weighted by atomic mass is 16.5. The Kier molecular flexibility index (Phi) is 6.04. The van der Waals surface area contributed by atoms with Crippen molar-refractivity contribution in [3.05, 3.63) is 52.6 Å². The van der Waals surface area contributed by atoms with Gasteiger partial charge in [-0.3, -0.25) is 4.79 Å². The van der Waals surface area contributed by atoms with Crippen LogP contribution in [-0.4, -0.2) is 30.0 Å². The van der Waals surface area contributed by atoms with Gasteiger partial charge in [-0.15, -0.1) is 0 Å². The Morgan fingerprint density at radius 1 is 1.16 bits per heavy atom. The highest BCUT2D eigenvalue weighted by molar-refractivity contribution is 5.94. The SMILES string of the molecule is COc1cc(NC(=O)C2CCC(N3Cc4c(C)cc(C#N)cc4NC3=O)CC2)ccc1C. The number of amides is 3. The van der Waals surface area contributed by atoms with Crippen molar-refractivity contribution < 1.29 is 14.3 Å². The smallest absolute Gasteiger partial charge is 0.322 e. The first kappa shape index (κ1) is 21.7. The van der Waals surface area contributed by atoms with Crippen molar-refractivity contribution >= 4 is 23.3 Å². The highest BCUT2D eigenvalue weighted by Gasteiger charge is 2.34. The van der Waals surface area contributed by atoms with Gasteiger partial charge in [0.15, 0.2) is 0 Å². The van der Waals surface area contributed by atoms with Crippen LogP contribution in [-0.2, 0) is 11.3 Å². The first-order chi connectivity index (χ1) is 15.4. The molecule has 1 saturated carbocycles. The number of aryl methyl sites for hydroxylation is 2. The minimum absolute atomic E-state index is 0.0164. The standard InChI is InChI=1S/C25H28N4O3/c1-15-4-7-19(12-23(15)32-3)27-24(30)18-5-8-20(9-6-18)29-14-21-16(2)10-17(13-26)11-22(21)28-25(29)31/h4,7,10-12,18,20H,5-6,8-9,14H2,1-3H3,(H,27,30)(H,28,31). The van der Waals surface area contributed by atoms with Crippen LogP contribution in [0.5, 0.6) is 5.75 Å². The third-order valence-corrected chi connectivity index (χ3v) is 6.62. The van der Waals surface area contributed by atoms with E-state index in [9.17, 15) is 14.9 Å². The Bertz CT molecular complexity index is 1100. The zero-order valence-corrected chi connectivity index (χ0v) is 18.7. The molecule has 1 aliphatic carbocycles. The maximum atomic E-state index is 12.8. The average molecular weight is 433 g/mol. The molecule has 7 heteroatoms. The number of ether oxygens (including phenoxy) is 1. The van der Waals surface area contributed by atoms with Crippen LogP contribution in [0.25, 0.3) is 0 Å². The normalized spacial score (nSPS) is 20.1. The molecule has 1 fully saturated rings. The van der Waals surface area contributed by atoms with Gasteiger partial charge in [0.25, 0.3) is 0 Å². The van der Waals surface area contributed by atoms with Crippen LogP contribution in [0, 0.1) is 31.1 Å². The topological polar surface area (TPSA) is 94.5 Å². The number of anilines is 2. The number of benzene rings is 2. The number of fused-ring (bicyclic) bond motifs is 1. The predicted octanol–water partition coefficient (Wildman–Crippen LogP) is 4.73. The van der Waals surface area contributed by atoms with Crippen LogP contribution in [0.4, 0.5) is 16.2 Å². The molecule has 0 radical (unpaired) electrons. The van der Waals surface area contributed by atoms with Crippen molar-refractivity contribution in [1.29, 1.82) is 5.26 Å². The molecule has 0 bridgehead atoms. The zero-order valence-electron chi connectivity index (χ0n) is 18.7. The van der Waals surface area contributed by atoms with Crippen molar-refractivity contribution in [2.45, 2.75) is 52.1 Å². The number of rotatable bonds is 4.